The average molecular weight is 204 g/mol. The van der Waals surface area contributed by atoms with Gasteiger partial charge in [0, 0.05) is 6.42 Å². The Hall–Kier alpha value is -1.35. The number of hydrogen-bond donors (Lipinski definition) is 0. The molecule has 2 aliphatic heterocycles. The molecule has 2 heterocycles. The van der Waals surface area contributed by atoms with E-state index in [1.165, 1.54) is 0 Å². The molecule has 3 heteroatoms. The van der Waals surface area contributed by atoms with Crippen molar-refractivity contribution in [2.24, 2.45) is 0 Å². The average Bonchev–Trinajstić information content (AvgIpc) is 2.71. The van der Waals surface area contributed by atoms with E-state index < -0.39 is 11.2 Å². The first-order valence-corrected chi connectivity index (χ1v) is 5.12. The van der Waals surface area contributed by atoms with Crippen LogP contribution in [0.15, 0.2) is 30.3 Å². The van der Waals surface area contributed by atoms with Crippen LogP contribution in [0.25, 0.3) is 0 Å². The standard InChI is InChI=1S/C12H12O3/c1-11(9-5-3-2-4-6-9)12(15-11)7-8-14-10(12)13/h2-6H,7-8H2,1H3/t11-,12-/m1/s1. The van der Waals surface area contributed by atoms with E-state index in [9.17, 15) is 4.79 Å². The van der Waals surface area contributed by atoms with Gasteiger partial charge in [-0.15, -0.1) is 0 Å². The fourth-order valence-electron chi connectivity index (χ4n) is 2.40. The minimum Gasteiger partial charge on any atom is -0.463 e. The maximum absolute atomic E-state index is 11.6. The first-order chi connectivity index (χ1) is 7.19. The molecule has 0 N–H and O–H groups in total. The predicted molar refractivity (Wildman–Crippen MR) is 53.2 cm³/mol. The summed E-state index contributed by atoms with van der Waals surface area (Å²) in [5, 5.41) is 0. The van der Waals surface area contributed by atoms with Gasteiger partial charge in [-0.1, -0.05) is 30.3 Å². The van der Waals surface area contributed by atoms with Crippen molar-refractivity contribution < 1.29 is 14.3 Å². The summed E-state index contributed by atoms with van der Waals surface area (Å²) < 4.78 is 10.7. The van der Waals surface area contributed by atoms with Gasteiger partial charge in [-0.2, -0.15) is 0 Å². The third kappa shape index (κ3) is 0.960. The van der Waals surface area contributed by atoms with Crippen LogP contribution < -0.4 is 0 Å². The molecule has 1 spiro atoms. The van der Waals surface area contributed by atoms with E-state index in [2.05, 4.69) is 0 Å². The Labute approximate surface area is 88.0 Å². The first-order valence-electron chi connectivity index (χ1n) is 5.12. The highest BCUT2D eigenvalue weighted by Gasteiger charge is 2.75. The van der Waals surface area contributed by atoms with E-state index >= 15 is 0 Å². The summed E-state index contributed by atoms with van der Waals surface area (Å²) >= 11 is 0. The second kappa shape index (κ2) is 2.61. The number of hydrogen-bond acceptors (Lipinski definition) is 3. The molecule has 0 aliphatic carbocycles. The second-order valence-electron chi connectivity index (χ2n) is 4.21. The lowest BCUT2D eigenvalue weighted by atomic mass is 9.87. The zero-order valence-corrected chi connectivity index (χ0v) is 8.53. The Kier molecular flexibility index (Phi) is 1.55. The molecule has 1 aromatic carbocycles. The van der Waals surface area contributed by atoms with Gasteiger partial charge in [0.1, 0.15) is 5.60 Å². The molecule has 2 atom stereocenters. The van der Waals surface area contributed by atoms with Crippen molar-refractivity contribution in [2.45, 2.75) is 24.5 Å². The van der Waals surface area contributed by atoms with E-state index in [1.807, 2.05) is 37.3 Å². The Morgan fingerprint density at radius 2 is 2.00 bits per heavy atom. The van der Waals surface area contributed by atoms with Crippen molar-refractivity contribution in [2.75, 3.05) is 6.61 Å². The first kappa shape index (κ1) is 8.92. The zero-order chi connectivity index (χ0) is 10.5. The van der Waals surface area contributed by atoms with Crippen molar-refractivity contribution in [1.29, 1.82) is 0 Å². The summed E-state index contributed by atoms with van der Waals surface area (Å²) in [5.74, 6) is -0.214. The Morgan fingerprint density at radius 1 is 1.27 bits per heavy atom. The van der Waals surface area contributed by atoms with Gasteiger partial charge in [-0.25, -0.2) is 4.79 Å². The van der Waals surface area contributed by atoms with Gasteiger partial charge < -0.3 is 9.47 Å². The van der Waals surface area contributed by atoms with Crippen molar-refractivity contribution in [3.63, 3.8) is 0 Å². The van der Waals surface area contributed by atoms with Gasteiger partial charge in [-0.3, -0.25) is 0 Å². The highest BCUT2D eigenvalue weighted by Crippen LogP contribution is 2.59. The fraction of sp³-hybridized carbons (Fsp3) is 0.417. The second-order valence-corrected chi connectivity index (χ2v) is 4.21. The lowest BCUT2D eigenvalue weighted by molar-refractivity contribution is -0.142. The summed E-state index contributed by atoms with van der Waals surface area (Å²) in [6.07, 6.45) is 0.664. The molecule has 0 unspecified atom stereocenters. The monoisotopic (exact) mass is 204 g/mol. The Balaban J connectivity index is 2.00. The maximum atomic E-state index is 11.6. The van der Waals surface area contributed by atoms with Gasteiger partial charge >= 0.3 is 5.97 Å². The summed E-state index contributed by atoms with van der Waals surface area (Å²) in [6, 6.07) is 9.84. The number of carbonyl (C=O) groups excluding carboxylic acids is 1. The molecule has 0 aromatic heterocycles. The molecular formula is C12H12O3. The highest BCUT2D eigenvalue weighted by molar-refractivity contribution is 5.87. The molecule has 78 valence electrons. The van der Waals surface area contributed by atoms with Crippen LogP contribution in [-0.2, 0) is 19.9 Å². The number of carbonyl (C=O) groups is 1. The number of benzene rings is 1. The molecule has 0 radical (unpaired) electrons. The smallest absolute Gasteiger partial charge is 0.342 e. The largest absolute Gasteiger partial charge is 0.463 e. The lowest BCUT2D eigenvalue weighted by Gasteiger charge is -2.08. The van der Waals surface area contributed by atoms with Crippen LogP contribution in [0.3, 0.4) is 0 Å². The van der Waals surface area contributed by atoms with Gasteiger partial charge in [0.2, 0.25) is 5.60 Å². The van der Waals surface area contributed by atoms with Crippen molar-refractivity contribution in [1.82, 2.24) is 0 Å². The normalized spacial score (nSPS) is 38.1. The minimum atomic E-state index is -0.700. The van der Waals surface area contributed by atoms with Crippen molar-refractivity contribution >= 4 is 5.97 Å². The molecule has 3 rings (SSSR count). The van der Waals surface area contributed by atoms with Crippen LogP contribution in [0, 0.1) is 0 Å². The van der Waals surface area contributed by atoms with E-state index in [0.717, 1.165) is 5.56 Å². The fourth-order valence-corrected chi connectivity index (χ4v) is 2.40. The molecule has 2 fully saturated rings. The van der Waals surface area contributed by atoms with Gasteiger partial charge in [0.15, 0.2) is 0 Å². The summed E-state index contributed by atoms with van der Waals surface area (Å²) in [4.78, 5) is 11.6. The molecule has 3 nitrogen and oxygen atoms in total. The summed E-state index contributed by atoms with van der Waals surface area (Å²) in [7, 11) is 0. The predicted octanol–water partition coefficient (Wildman–Crippen LogP) is 1.62. The van der Waals surface area contributed by atoms with E-state index in [1.54, 1.807) is 0 Å². The molecular weight excluding hydrogens is 192 g/mol. The van der Waals surface area contributed by atoms with E-state index in [0.29, 0.717) is 13.0 Å². The summed E-state index contributed by atoms with van der Waals surface area (Å²) in [6.45, 7) is 2.43. The lowest BCUT2D eigenvalue weighted by Crippen LogP contribution is -2.26. The zero-order valence-electron chi connectivity index (χ0n) is 8.53. The van der Waals surface area contributed by atoms with Gasteiger partial charge in [0.05, 0.1) is 6.61 Å². The van der Waals surface area contributed by atoms with Crippen LogP contribution in [0.5, 0.6) is 0 Å². The molecule has 15 heavy (non-hydrogen) atoms. The van der Waals surface area contributed by atoms with Crippen molar-refractivity contribution in [3.05, 3.63) is 35.9 Å². The molecule has 0 bridgehead atoms. The minimum absolute atomic E-state index is 0.214. The highest BCUT2D eigenvalue weighted by atomic mass is 16.7. The van der Waals surface area contributed by atoms with Crippen LogP contribution in [0.1, 0.15) is 18.9 Å². The molecule has 1 aromatic rings. The third-order valence-corrected chi connectivity index (χ3v) is 3.45. The van der Waals surface area contributed by atoms with Crippen LogP contribution in [0.2, 0.25) is 0 Å². The Morgan fingerprint density at radius 3 is 2.60 bits per heavy atom. The maximum Gasteiger partial charge on any atom is 0.342 e. The number of epoxide rings is 1. The Bertz CT molecular complexity index is 414. The van der Waals surface area contributed by atoms with E-state index in [4.69, 9.17) is 9.47 Å². The number of cyclic esters (lactones) is 1. The quantitative estimate of drug-likeness (QED) is 0.515. The number of rotatable bonds is 1. The molecule has 2 aliphatic rings. The third-order valence-electron chi connectivity index (χ3n) is 3.45. The van der Waals surface area contributed by atoms with Crippen LogP contribution >= 0.6 is 0 Å². The molecule has 2 saturated heterocycles. The van der Waals surface area contributed by atoms with Gasteiger partial charge in [-0.05, 0) is 12.5 Å². The SMILES string of the molecule is C[C@]1(c2ccccc2)O[C@@]12CCOC2=O. The molecule has 0 saturated carbocycles. The summed E-state index contributed by atoms with van der Waals surface area (Å²) in [5.41, 5.74) is -0.139. The van der Waals surface area contributed by atoms with Crippen molar-refractivity contribution in [3.8, 4) is 0 Å². The van der Waals surface area contributed by atoms with E-state index in [-0.39, 0.29) is 5.97 Å². The molecule has 0 amide bonds. The van der Waals surface area contributed by atoms with Crippen LogP contribution in [0.4, 0.5) is 0 Å². The van der Waals surface area contributed by atoms with Gasteiger partial charge in [0.25, 0.3) is 0 Å². The number of esters is 1. The van der Waals surface area contributed by atoms with Crippen LogP contribution in [-0.4, -0.2) is 18.2 Å². The number of ether oxygens (including phenoxy) is 2. The topological polar surface area (TPSA) is 38.8 Å².